The molecule has 1 fully saturated rings. The summed E-state index contributed by atoms with van der Waals surface area (Å²) in [4.78, 5) is 3.94. The Bertz CT molecular complexity index is 368. The summed E-state index contributed by atoms with van der Waals surface area (Å²) in [5, 5.41) is 11.1. The van der Waals surface area contributed by atoms with Gasteiger partial charge in [0.25, 0.3) is 0 Å². The smallest absolute Gasteiger partial charge is 0.0948 e. The molecular formula is C12H16ClNO2. The number of nitrogens with zero attached hydrogens (tertiary/aromatic N) is 1. The summed E-state index contributed by atoms with van der Waals surface area (Å²) in [7, 11) is 1.61. The van der Waals surface area contributed by atoms with Crippen LogP contribution >= 0.6 is 11.6 Å². The Morgan fingerprint density at radius 2 is 2.38 bits per heavy atom. The third kappa shape index (κ3) is 2.54. The fourth-order valence-corrected chi connectivity index (χ4v) is 2.25. The van der Waals surface area contributed by atoms with Gasteiger partial charge in [-0.05, 0) is 30.4 Å². The predicted octanol–water partition coefficient (Wildman–Crippen LogP) is 2.07. The maximum atomic E-state index is 10.5. The van der Waals surface area contributed by atoms with Gasteiger partial charge in [0.2, 0.25) is 0 Å². The van der Waals surface area contributed by atoms with Crippen molar-refractivity contribution < 1.29 is 9.84 Å². The second-order valence-electron chi connectivity index (χ2n) is 4.45. The maximum Gasteiger partial charge on any atom is 0.0948 e. The minimum absolute atomic E-state index is 0.344. The highest BCUT2D eigenvalue weighted by Gasteiger charge is 2.44. The molecule has 4 heteroatoms. The van der Waals surface area contributed by atoms with Gasteiger partial charge in [0.15, 0.2) is 0 Å². The van der Waals surface area contributed by atoms with Gasteiger partial charge in [-0.2, -0.15) is 0 Å². The van der Waals surface area contributed by atoms with Crippen LogP contribution in [0.2, 0.25) is 5.02 Å². The van der Waals surface area contributed by atoms with Crippen molar-refractivity contribution in [1.29, 1.82) is 0 Å². The lowest BCUT2D eigenvalue weighted by atomic mass is 9.91. The van der Waals surface area contributed by atoms with Crippen LogP contribution in [-0.4, -0.2) is 29.4 Å². The van der Waals surface area contributed by atoms with Gasteiger partial charge in [-0.1, -0.05) is 11.6 Å². The highest BCUT2D eigenvalue weighted by atomic mass is 35.5. The highest BCUT2D eigenvalue weighted by molar-refractivity contribution is 6.31. The summed E-state index contributed by atoms with van der Waals surface area (Å²) in [6, 6.07) is 1.85. The van der Waals surface area contributed by atoms with E-state index in [4.69, 9.17) is 16.3 Å². The molecule has 1 N–H and O–H groups in total. The molecule has 2 rings (SSSR count). The Morgan fingerprint density at radius 1 is 1.62 bits per heavy atom. The zero-order valence-electron chi connectivity index (χ0n) is 9.32. The van der Waals surface area contributed by atoms with Gasteiger partial charge in [-0.15, -0.1) is 0 Å². The van der Waals surface area contributed by atoms with E-state index < -0.39 is 5.60 Å². The molecule has 0 bridgehead atoms. The predicted molar refractivity (Wildman–Crippen MR) is 62.5 cm³/mol. The van der Waals surface area contributed by atoms with Crippen molar-refractivity contribution in [2.24, 2.45) is 5.92 Å². The van der Waals surface area contributed by atoms with Gasteiger partial charge < -0.3 is 9.84 Å². The molecule has 0 aliphatic heterocycles. The normalized spacial score (nSPS) is 19.4. The molecule has 1 atom stereocenters. The molecule has 16 heavy (non-hydrogen) atoms. The van der Waals surface area contributed by atoms with Crippen LogP contribution in [0.1, 0.15) is 18.4 Å². The number of methoxy groups -OCH3 is 1. The average Bonchev–Trinajstić information content (AvgIpc) is 3.05. The summed E-state index contributed by atoms with van der Waals surface area (Å²) < 4.78 is 5.11. The van der Waals surface area contributed by atoms with Crippen LogP contribution in [0.4, 0.5) is 0 Å². The molecule has 0 spiro atoms. The van der Waals surface area contributed by atoms with Gasteiger partial charge in [-0.3, -0.25) is 4.98 Å². The van der Waals surface area contributed by atoms with Gasteiger partial charge in [0.1, 0.15) is 0 Å². The number of rotatable bonds is 5. The first-order valence-corrected chi connectivity index (χ1v) is 5.83. The molecule has 0 amide bonds. The molecule has 0 radical (unpaired) electrons. The maximum absolute atomic E-state index is 10.5. The number of ether oxygens (including phenoxy) is 1. The summed E-state index contributed by atoms with van der Waals surface area (Å²) in [6.45, 7) is 0.357. The van der Waals surface area contributed by atoms with E-state index in [-0.39, 0.29) is 0 Å². The monoisotopic (exact) mass is 241 g/mol. The van der Waals surface area contributed by atoms with Crippen molar-refractivity contribution in [3.8, 4) is 0 Å². The zero-order chi connectivity index (χ0) is 11.6. The van der Waals surface area contributed by atoms with Crippen molar-refractivity contribution in [2.45, 2.75) is 24.9 Å². The van der Waals surface area contributed by atoms with Crippen LogP contribution in [-0.2, 0) is 11.2 Å². The van der Waals surface area contributed by atoms with E-state index in [9.17, 15) is 5.11 Å². The standard InChI is InChI=1S/C12H16ClNO2/c1-16-8-12(15,10-2-3-10)6-9-4-5-14-7-11(9)13/h4-5,7,10,15H,2-3,6,8H2,1H3. The lowest BCUT2D eigenvalue weighted by Gasteiger charge is -2.27. The molecule has 0 aromatic carbocycles. The summed E-state index contributed by atoms with van der Waals surface area (Å²) in [6.07, 6.45) is 5.98. The van der Waals surface area contributed by atoms with Gasteiger partial charge >= 0.3 is 0 Å². The molecule has 1 aromatic rings. The molecule has 1 aromatic heterocycles. The number of aromatic nitrogens is 1. The molecule has 1 aliphatic rings. The molecule has 1 unspecified atom stereocenters. The van der Waals surface area contributed by atoms with Crippen LogP contribution < -0.4 is 0 Å². The Kier molecular flexibility index (Phi) is 3.47. The van der Waals surface area contributed by atoms with E-state index >= 15 is 0 Å². The molecule has 1 heterocycles. The van der Waals surface area contributed by atoms with E-state index in [1.165, 1.54) is 0 Å². The van der Waals surface area contributed by atoms with Crippen LogP contribution in [0.15, 0.2) is 18.5 Å². The minimum atomic E-state index is -0.778. The number of hydrogen-bond acceptors (Lipinski definition) is 3. The Balaban J connectivity index is 2.14. The second kappa shape index (κ2) is 4.70. The number of halogens is 1. The quantitative estimate of drug-likeness (QED) is 0.858. The van der Waals surface area contributed by atoms with Crippen molar-refractivity contribution in [2.75, 3.05) is 13.7 Å². The van der Waals surface area contributed by atoms with Gasteiger partial charge in [0.05, 0.1) is 17.2 Å². The molecule has 1 aliphatic carbocycles. The number of pyridine rings is 1. The van der Waals surface area contributed by atoms with Crippen molar-refractivity contribution in [3.63, 3.8) is 0 Å². The Morgan fingerprint density at radius 3 is 2.94 bits per heavy atom. The number of aliphatic hydroxyl groups is 1. The molecule has 0 saturated heterocycles. The van der Waals surface area contributed by atoms with Crippen LogP contribution in [0.5, 0.6) is 0 Å². The topological polar surface area (TPSA) is 42.4 Å². The minimum Gasteiger partial charge on any atom is -0.387 e. The highest BCUT2D eigenvalue weighted by Crippen LogP contribution is 2.42. The molecule has 3 nitrogen and oxygen atoms in total. The van der Waals surface area contributed by atoms with Crippen molar-refractivity contribution in [3.05, 3.63) is 29.0 Å². The second-order valence-corrected chi connectivity index (χ2v) is 4.86. The van der Waals surface area contributed by atoms with Crippen LogP contribution in [0.25, 0.3) is 0 Å². The summed E-state index contributed by atoms with van der Waals surface area (Å²) in [5.74, 6) is 0.344. The fraction of sp³-hybridized carbons (Fsp3) is 0.583. The zero-order valence-corrected chi connectivity index (χ0v) is 10.1. The summed E-state index contributed by atoms with van der Waals surface area (Å²) >= 11 is 6.04. The van der Waals surface area contributed by atoms with Gasteiger partial charge in [0, 0.05) is 25.9 Å². The lowest BCUT2D eigenvalue weighted by Crippen LogP contribution is -2.39. The number of hydrogen-bond donors (Lipinski definition) is 1. The van der Waals surface area contributed by atoms with E-state index in [1.54, 1.807) is 19.5 Å². The van der Waals surface area contributed by atoms with Crippen LogP contribution in [0, 0.1) is 5.92 Å². The van der Waals surface area contributed by atoms with Crippen molar-refractivity contribution in [1.82, 2.24) is 4.98 Å². The molecular weight excluding hydrogens is 226 g/mol. The lowest BCUT2D eigenvalue weighted by molar-refractivity contribution is -0.0474. The SMILES string of the molecule is COCC(O)(Cc1ccncc1Cl)C1CC1. The van der Waals surface area contributed by atoms with Gasteiger partial charge in [-0.25, -0.2) is 0 Å². The average molecular weight is 242 g/mol. The van der Waals surface area contributed by atoms with Crippen LogP contribution in [0.3, 0.4) is 0 Å². The third-order valence-corrected chi connectivity index (χ3v) is 3.42. The largest absolute Gasteiger partial charge is 0.387 e. The molecule has 88 valence electrons. The summed E-state index contributed by atoms with van der Waals surface area (Å²) in [5.41, 5.74) is 0.155. The van der Waals surface area contributed by atoms with Crippen molar-refractivity contribution >= 4 is 11.6 Å². The molecule has 1 saturated carbocycles. The first-order chi connectivity index (χ1) is 7.65. The van der Waals surface area contributed by atoms with E-state index in [1.807, 2.05) is 6.07 Å². The Labute approximate surface area is 100 Å². The van der Waals surface area contributed by atoms with E-state index in [2.05, 4.69) is 4.98 Å². The van der Waals surface area contributed by atoms with E-state index in [0.29, 0.717) is 24.0 Å². The third-order valence-electron chi connectivity index (χ3n) is 3.08. The Hall–Kier alpha value is -0.640. The van der Waals surface area contributed by atoms with E-state index in [0.717, 1.165) is 18.4 Å². The first kappa shape index (κ1) is 11.8. The fourth-order valence-electron chi connectivity index (χ4n) is 2.06. The first-order valence-electron chi connectivity index (χ1n) is 5.45.